The molecule has 90 valence electrons. The Morgan fingerprint density at radius 3 is 2.59 bits per heavy atom. The van der Waals surface area contributed by atoms with Gasteiger partial charge in [0.2, 0.25) is 0 Å². The van der Waals surface area contributed by atoms with Gasteiger partial charge in [-0.25, -0.2) is 4.79 Å². The van der Waals surface area contributed by atoms with Crippen LogP contribution in [0.25, 0.3) is 0 Å². The molecule has 1 aromatic rings. The molecular weight excluding hydrogens is 282 g/mol. The highest BCUT2D eigenvalue weighted by Crippen LogP contribution is 2.50. The van der Waals surface area contributed by atoms with E-state index >= 15 is 0 Å². The zero-order chi connectivity index (χ0) is 12.0. The molecule has 1 aliphatic carbocycles. The molecule has 1 saturated heterocycles. The highest BCUT2D eigenvalue weighted by Gasteiger charge is 2.47. The Labute approximate surface area is 109 Å². The fourth-order valence-corrected chi connectivity index (χ4v) is 3.22. The smallest absolute Gasteiger partial charge is 0.337 e. The maximum atomic E-state index is 11.2. The summed E-state index contributed by atoms with van der Waals surface area (Å²) >= 11 is 3.41. The molecule has 0 bridgehead atoms. The van der Waals surface area contributed by atoms with Crippen molar-refractivity contribution in [2.75, 3.05) is 18.0 Å². The number of aromatic carboxylic acids is 1. The average Bonchev–Trinajstić information content (AvgIpc) is 2.12. The van der Waals surface area contributed by atoms with Crippen LogP contribution in [0.15, 0.2) is 22.7 Å². The van der Waals surface area contributed by atoms with Crippen LogP contribution in [0.3, 0.4) is 0 Å². The number of carboxylic acid groups (broad SMARTS) is 1. The highest BCUT2D eigenvalue weighted by molar-refractivity contribution is 9.10. The van der Waals surface area contributed by atoms with Crippen LogP contribution < -0.4 is 4.90 Å². The average molecular weight is 296 g/mol. The zero-order valence-electron chi connectivity index (χ0n) is 9.45. The maximum absolute atomic E-state index is 11.2. The number of nitrogens with zero attached hydrogens (tertiary/aromatic N) is 1. The molecule has 2 aliphatic rings. The van der Waals surface area contributed by atoms with E-state index in [-0.39, 0.29) is 0 Å². The quantitative estimate of drug-likeness (QED) is 0.911. The molecule has 1 N–H and O–H groups in total. The number of benzene rings is 1. The van der Waals surface area contributed by atoms with Gasteiger partial charge in [-0.05, 0) is 31.0 Å². The van der Waals surface area contributed by atoms with Crippen molar-refractivity contribution in [3.05, 3.63) is 28.2 Å². The number of halogens is 1. The van der Waals surface area contributed by atoms with Crippen molar-refractivity contribution in [1.29, 1.82) is 0 Å². The summed E-state index contributed by atoms with van der Waals surface area (Å²) in [5.41, 5.74) is 1.77. The number of anilines is 1. The van der Waals surface area contributed by atoms with Crippen LogP contribution in [0.4, 0.5) is 5.69 Å². The molecule has 1 heterocycles. The number of hydrogen-bond donors (Lipinski definition) is 1. The summed E-state index contributed by atoms with van der Waals surface area (Å²) in [5.74, 6) is -0.845. The molecule has 3 nitrogen and oxygen atoms in total. The Kier molecular flexibility index (Phi) is 2.43. The van der Waals surface area contributed by atoms with Crippen LogP contribution in [0.1, 0.15) is 29.6 Å². The first kappa shape index (κ1) is 11.1. The normalized spacial score (nSPS) is 20.9. The van der Waals surface area contributed by atoms with Gasteiger partial charge in [0.25, 0.3) is 0 Å². The number of hydrogen-bond acceptors (Lipinski definition) is 2. The van der Waals surface area contributed by atoms with Gasteiger partial charge < -0.3 is 10.0 Å². The first-order chi connectivity index (χ1) is 8.10. The second-order valence-corrected chi connectivity index (χ2v) is 6.09. The van der Waals surface area contributed by atoms with E-state index in [4.69, 9.17) is 0 Å². The molecule has 4 heteroatoms. The lowest BCUT2D eigenvalue weighted by molar-refractivity contribution is 0.0690. The van der Waals surface area contributed by atoms with Crippen molar-refractivity contribution in [3.63, 3.8) is 0 Å². The van der Waals surface area contributed by atoms with Crippen molar-refractivity contribution in [2.24, 2.45) is 5.41 Å². The van der Waals surface area contributed by atoms with Crippen molar-refractivity contribution >= 4 is 27.6 Å². The Morgan fingerprint density at radius 1 is 1.35 bits per heavy atom. The number of carboxylic acids is 1. The molecule has 0 atom stereocenters. The molecule has 0 unspecified atom stereocenters. The molecule has 0 radical (unpaired) electrons. The van der Waals surface area contributed by atoms with Crippen LogP contribution >= 0.6 is 15.9 Å². The Morgan fingerprint density at radius 2 is 2.06 bits per heavy atom. The summed E-state index contributed by atoms with van der Waals surface area (Å²) in [7, 11) is 0. The lowest BCUT2D eigenvalue weighted by atomic mass is 9.63. The third kappa shape index (κ3) is 1.75. The summed E-state index contributed by atoms with van der Waals surface area (Å²) < 4.78 is 0.937. The third-order valence-corrected chi connectivity index (χ3v) is 4.49. The maximum Gasteiger partial charge on any atom is 0.337 e. The van der Waals surface area contributed by atoms with Gasteiger partial charge in [0, 0.05) is 23.0 Å². The van der Waals surface area contributed by atoms with E-state index < -0.39 is 5.97 Å². The van der Waals surface area contributed by atoms with Crippen molar-refractivity contribution < 1.29 is 9.90 Å². The highest BCUT2D eigenvalue weighted by atomic mass is 79.9. The zero-order valence-corrected chi connectivity index (χ0v) is 11.0. The van der Waals surface area contributed by atoms with Crippen LogP contribution in [-0.2, 0) is 0 Å². The van der Waals surface area contributed by atoms with E-state index in [9.17, 15) is 9.90 Å². The van der Waals surface area contributed by atoms with Gasteiger partial charge in [0.05, 0.1) is 11.3 Å². The first-order valence-electron chi connectivity index (χ1n) is 5.88. The molecule has 0 amide bonds. The SMILES string of the molecule is O=C(O)c1ccc(Br)cc1N1CC2(CCC2)C1. The summed E-state index contributed by atoms with van der Waals surface area (Å²) in [5, 5.41) is 9.18. The molecule has 2 fully saturated rings. The van der Waals surface area contributed by atoms with Crippen LogP contribution in [-0.4, -0.2) is 24.2 Å². The van der Waals surface area contributed by atoms with Gasteiger partial charge in [0.15, 0.2) is 0 Å². The fraction of sp³-hybridized carbons (Fsp3) is 0.462. The summed E-state index contributed by atoms with van der Waals surface area (Å²) in [6, 6.07) is 5.37. The Hall–Kier alpha value is -1.03. The minimum Gasteiger partial charge on any atom is -0.478 e. The summed E-state index contributed by atoms with van der Waals surface area (Å²) in [4.78, 5) is 13.4. The minimum atomic E-state index is -0.845. The first-order valence-corrected chi connectivity index (χ1v) is 6.67. The molecule has 0 aromatic heterocycles. The summed E-state index contributed by atoms with van der Waals surface area (Å²) in [6.07, 6.45) is 3.94. The summed E-state index contributed by atoms with van der Waals surface area (Å²) in [6.45, 7) is 2.04. The molecule has 17 heavy (non-hydrogen) atoms. The van der Waals surface area contributed by atoms with Crippen molar-refractivity contribution in [2.45, 2.75) is 19.3 Å². The lowest BCUT2D eigenvalue weighted by Crippen LogP contribution is -2.60. The molecule has 1 spiro atoms. The molecule has 1 saturated carbocycles. The topological polar surface area (TPSA) is 40.5 Å². The monoisotopic (exact) mass is 295 g/mol. The van der Waals surface area contributed by atoms with E-state index in [0.717, 1.165) is 23.2 Å². The second-order valence-electron chi connectivity index (χ2n) is 5.18. The van der Waals surface area contributed by atoms with E-state index in [0.29, 0.717) is 11.0 Å². The van der Waals surface area contributed by atoms with E-state index in [1.165, 1.54) is 19.3 Å². The Balaban J connectivity index is 1.87. The van der Waals surface area contributed by atoms with Gasteiger partial charge in [0.1, 0.15) is 0 Å². The van der Waals surface area contributed by atoms with Crippen LogP contribution in [0.2, 0.25) is 0 Å². The van der Waals surface area contributed by atoms with E-state index in [1.807, 2.05) is 6.07 Å². The third-order valence-electron chi connectivity index (χ3n) is 4.00. The second kappa shape index (κ2) is 3.73. The lowest BCUT2D eigenvalue weighted by Gasteiger charge is -2.57. The predicted octanol–water partition coefficient (Wildman–Crippen LogP) is 3.14. The standard InChI is InChI=1S/C13H14BrNO2/c14-9-2-3-10(12(16)17)11(6-9)15-7-13(8-15)4-1-5-13/h2-3,6H,1,4-5,7-8H2,(H,16,17). The van der Waals surface area contributed by atoms with E-state index in [1.54, 1.807) is 12.1 Å². The molecular formula is C13H14BrNO2. The van der Waals surface area contributed by atoms with Gasteiger partial charge in [-0.1, -0.05) is 22.4 Å². The van der Waals surface area contributed by atoms with Crippen LogP contribution in [0.5, 0.6) is 0 Å². The largest absolute Gasteiger partial charge is 0.478 e. The van der Waals surface area contributed by atoms with Crippen molar-refractivity contribution in [1.82, 2.24) is 0 Å². The van der Waals surface area contributed by atoms with Gasteiger partial charge in [-0.15, -0.1) is 0 Å². The Bertz CT molecular complexity index is 474. The molecule has 1 aliphatic heterocycles. The molecule has 1 aromatic carbocycles. The number of carbonyl (C=O) groups is 1. The van der Waals surface area contributed by atoms with Gasteiger partial charge in [-0.3, -0.25) is 0 Å². The minimum absolute atomic E-state index is 0.405. The van der Waals surface area contributed by atoms with Gasteiger partial charge >= 0.3 is 5.97 Å². The van der Waals surface area contributed by atoms with Crippen molar-refractivity contribution in [3.8, 4) is 0 Å². The number of rotatable bonds is 2. The fourth-order valence-electron chi connectivity index (χ4n) is 2.87. The van der Waals surface area contributed by atoms with E-state index in [2.05, 4.69) is 20.8 Å². The van der Waals surface area contributed by atoms with Gasteiger partial charge in [-0.2, -0.15) is 0 Å². The predicted molar refractivity (Wildman–Crippen MR) is 69.6 cm³/mol. The van der Waals surface area contributed by atoms with Crippen LogP contribution in [0, 0.1) is 5.41 Å². The molecule has 3 rings (SSSR count).